The van der Waals surface area contributed by atoms with Crippen LogP contribution in [0, 0.1) is 0 Å². The van der Waals surface area contributed by atoms with E-state index >= 15 is 0 Å². The van der Waals surface area contributed by atoms with Crippen molar-refractivity contribution in [3.8, 4) is 5.75 Å². The second kappa shape index (κ2) is 10.1. The SMILES string of the molecule is CCCS(=O)(=O)N(CC)CCOc1ccc(NC(=O)c2c[nH]c3c2C(=O)CCC3)cc1. The van der Waals surface area contributed by atoms with Crippen LogP contribution in [0.5, 0.6) is 5.75 Å². The minimum absolute atomic E-state index is 0.00141. The molecule has 1 amide bonds. The normalized spacial score (nSPS) is 13.8. The number of ketones is 1. The van der Waals surface area contributed by atoms with Gasteiger partial charge in [-0.25, -0.2) is 8.42 Å². The fourth-order valence-electron chi connectivity index (χ4n) is 3.69. The highest BCUT2D eigenvalue weighted by molar-refractivity contribution is 7.89. The number of Topliss-reactive ketones (excluding diaryl/α,β-unsaturated/α-hetero) is 1. The minimum atomic E-state index is -3.25. The number of carbonyl (C=O) groups is 2. The molecule has 1 aliphatic rings. The van der Waals surface area contributed by atoms with Gasteiger partial charge in [0.05, 0.1) is 16.9 Å². The van der Waals surface area contributed by atoms with E-state index in [1.54, 1.807) is 37.4 Å². The molecule has 2 aromatic rings. The van der Waals surface area contributed by atoms with Gasteiger partial charge in [-0.2, -0.15) is 4.31 Å². The van der Waals surface area contributed by atoms with Crippen LogP contribution in [-0.4, -0.2) is 54.8 Å². The Hall–Kier alpha value is -2.65. The first-order valence-corrected chi connectivity index (χ1v) is 12.2. The second-order valence-corrected chi connectivity index (χ2v) is 9.56. The van der Waals surface area contributed by atoms with E-state index in [9.17, 15) is 18.0 Å². The van der Waals surface area contributed by atoms with Crippen molar-refractivity contribution in [2.45, 2.75) is 39.5 Å². The number of nitrogens with zero attached hydrogens (tertiary/aromatic N) is 1. The van der Waals surface area contributed by atoms with E-state index in [0.717, 1.165) is 18.5 Å². The van der Waals surface area contributed by atoms with Gasteiger partial charge in [-0.15, -0.1) is 0 Å². The molecule has 8 nitrogen and oxygen atoms in total. The molecule has 9 heteroatoms. The number of sulfonamides is 1. The summed E-state index contributed by atoms with van der Waals surface area (Å²) in [7, 11) is -3.25. The molecule has 0 spiro atoms. The summed E-state index contributed by atoms with van der Waals surface area (Å²) in [6, 6.07) is 6.84. The number of anilines is 1. The molecule has 0 unspecified atom stereocenters. The maximum atomic E-state index is 12.6. The molecule has 0 bridgehead atoms. The number of likely N-dealkylation sites (N-methyl/N-ethyl adjacent to an activating group) is 1. The number of hydrogen-bond acceptors (Lipinski definition) is 5. The maximum absolute atomic E-state index is 12.6. The molecule has 1 aliphatic carbocycles. The minimum Gasteiger partial charge on any atom is -0.492 e. The van der Waals surface area contributed by atoms with Gasteiger partial charge in [0.2, 0.25) is 10.0 Å². The molecule has 168 valence electrons. The molecule has 0 aliphatic heterocycles. The van der Waals surface area contributed by atoms with Crippen molar-refractivity contribution in [2.75, 3.05) is 30.8 Å². The third-order valence-electron chi connectivity index (χ3n) is 5.25. The predicted octanol–water partition coefficient (Wildman–Crippen LogP) is 3.23. The Labute approximate surface area is 183 Å². The fraction of sp³-hybridized carbons (Fsp3) is 0.455. The van der Waals surface area contributed by atoms with E-state index in [2.05, 4.69) is 10.3 Å². The number of fused-ring (bicyclic) bond motifs is 1. The summed E-state index contributed by atoms with van der Waals surface area (Å²) in [5.74, 6) is 0.376. The standard InChI is InChI=1S/C22H29N3O5S/c1-3-14-31(28,29)25(4-2)12-13-30-17-10-8-16(9-11-17)24-22(27)18-15-23-19-6-5-7-20(26)21(18)19/h8-11,15,23H,3-7,12-14H2,1-2H3,(H,24,27). The van der Waals surface area contributed by atoms with Crippen molar-refractivity contribution in [1.82, 2.24) is 9.29 Å². The predicted molar refractivity (Wildman–Crippen MR) is 119 cm³/mol. The zero-order chi connectivity index (χ0) is 22.4. The van der Waals surface area contributed by atoms with E-state index in [1.165, 1.54) is 4.31 Å². The Balaban J connectivity index is 1.55. The lowest BCUT2D eigenvalue weighted by Gasteiger charge is -2.20. The molecule has 1 aromatic heterocycles. The number of ether oxygens (including phenoxy) is 1. The van der Waals surface area contributed by atoms with Crippen LogP contribution in [-0.2, 0) is 16.4 Å². The van der Waals surface area contributed by atoms with Crippen molar-refractivity contribution in [2.24, 2.45) is 0 Å². The van der Waals surface area contributed by atoms with Gasteiger partial charge in [-0.3, -0.25) is 9.59 Å². The summed E-state index contributed by atoms with van der Waals surface area (Å²) < 4.78 is 31.4. The monoisotopic (exact) mass is 447 g/mol. The first kappa shape index (κ1) is 23.0. The fourth-order valence-corrected chi connectivity index (χ4v) is 5.21. The van der Waals surface area contributed by atoms with E-state index < -0.39 is 10.0 Å². The molecule has 3 rings (SSSR count). The number of aromatic amines is 1. The van der Waals surface area contributed by atoms with Crippen LogP contribution in [0.2, 0.25) is 0 Å². The topological polar surface area (TPSA) is 109 Å². The molecule has 0 saturated heterocycles. The molecule has 0 fully saturated rings. The van der Waals surface area contributed by atoms with E-state index in [1.807, 2.05) is 6.92 Å². The lowest BCUT2D eigenvalue weighted by molar-refractivity contribution is 0.0956. The first-order valence-electron chi connectivity index (χ1n) is 10.6. The number of carbonyl (C=O) groups excluding carboxylic acids is 2. The third-order valence-corrected chi connectivity index (χ3v) is 7.40. The number of amides is 1. The number of aryl methyl sites for hydroxylation is 1. The zero-order valence-electron chi connectivity index (χ0n) is 17.9. The van der Waals surface area contributed by atoms with Crippen LogP contribution in [0.1, 0.15) is 59.5 Å². The van der Waals surface area contributed by atoms with Crippen molar-refractivity contribution >= 4 is 27.4 Å². The summed E-state index contributed by atoms with van der Waals surface area (Å²) in [5, 5.41) is 2.81. The van der Waals surface area contributed by atoms with Crippen LogP contribution in [0.25, 0.3) is 0 Å². The highest BCUT2D eigenvalue weighted by Gasteiger charge is 2.26. The van der Waals surface area contributed by atoms with Crippen LogP contribution in [0.3, 0.4) is 0 Å². The summed E-state index contributed by atoms with van der Waals surface area (Å²) in [5.41, 5.74) is 2.28. The summed E-state index contributed by atoms with van der Waals surface area (Å²) in [6.45, 7) is 4.57. The molecule has 0 radical (unpaired) electrons. The molecule has 2 N–H and O–H groups in total. The lowest BCUT2D eigenvalue weighted by atomic mass is 9.93. The van der Waals surface area contributed by atoms with Crippen molar-refractivity contribution in [3.05, 3.63) is 47.3 Å². The molecular formula is C22H29N3O5S. The van der Waals surface area contributed by atoms with Crippen molar-refractivity contribution < 1.29 is 22.7 Å². The van der Waals surface area contributed by atoms with E-state index in [4.69, 9.17) is 4.74 Å². The number of nitrogens with one attached hydrogen (secondary N) is 2. The van der Waals surface area contributed by atoms with Gasteiger partial charge in [-0.05, 0) is 43.5 Å². The molecule has 1 aromatic carbocycles. The number of aromatic nitrogens is 1. The summed E-state index contributed by atoms with van der Waals surface area (Å²) in [4.78, 5) is 27.8. The highest BCUT2D eigenvalue weighted by Crippen LogP contribution is 2.25. The lowest BCUT2D eigenvalue weighted by Crippen LogP contribution is -2.36. The van der Waals surface area contributed by atoms with Crippen molar-refractivity contribution in [3.63, 3.8) is 0 Å². The van der Waals surface area contributed by atoms with Crippen LogP contribution in [0.15, 0.2) is 30.5 Å². The van der Waals surface area contributed by atoms with Crippen molar-refractivity contribution in [1.29, 1.82) is 0 Å². The Morgan fingerprint density at radius 2 is 1.94 bits per heavy atom. The van der Waals surface area contributed by atoms with Gasteiger partial charge in [0.25, 0.3) is 5.91 Å². The Morgan fingerprint density at radius 1 is 1.19 bits per heavy atom. The molecule has 31 heavy (non-hydrogen) atoms. The molecular weight excluding hydrogens is 418 g/mol. The highest BCUT2D eigenvalue weighted by atomic mass is 32.2. The van der Waals surface area contributed by atoms with Gasteiger partial charge < -0.3 is 15.0 Å². The van der Waals surface area contributed by atoms with Crippen LogP contribution < -0.4 is 10.1 Å². The first-order chi connectivity index (χ1) is 14.9. The maximum Gasteiger partial charge on any atom is 0.257 e. The number of rotatable bonds is 10. The van der Waals surface area contributed by atoms with Gasteiger partial charge in [0, 0.05) is 37.1 Å². The van der Waals surface area contributed by atoms with Crippen LogP contribution >= 0.6 is 0 Å². The zero-order valence-corrected chi connectivity index (χ0v) is 18.8. The average molecular weight is 448 g/mol. The van der Waals surface area contributed by atoms with Gasteiger partial charge in [-0.1, -0.05) is 13.8 Å². The van der Waals surface area contributed by atoms with Gasteiger partial charge in [0.1, 0.15) is 12.4 Å². The van der Waals surface area contributed by atoms with Gasteiger partial charge >= 0.3 is 0 Å². The van der Waals surface area contributed by atoms with E-state index in [-0.39, 0.29) is 30.6 Å². The molecule has 1 heterocycles. The largest absolute Gasteiger partial charge is 0.492 e. The Morgan fingerprint density at radius 3 is 2.61 bits per heavy atom. The van der Waals surface area contributed by atoms with Gasteiger partial charge in [0.15, 0.2) is 5.78 Å². The number of hydrogen-bond donors (Lipinski definition) is 2. The Kier molecular flexibility index (Phi) is 7.50. The average Bonchev–Trinajstić information content (AvgIpc) is 3.18. The van der Waals surface area contributed by atoms with Crippen LogP contribution in [0.4, 0.5) is 5.69 Å². The Bertz CT molecular complexity index is 1030. The third kappa shape index (κ3) is 5.54. The smallest absolute Gasteiger partial charge is 0.257 e. The molecule has 0 atom stereocenters. The second-order valence-electron chi connectivity index (χ2n) is 7.47. The summed E-state index contributed by atoms with van der Waals surface area (Å²) >= 11 is 0. The number of H-pyrrole nitrogens is 1. The number of benzene rings is 1. The summed E-state index contributed by atoms with van der Waals surface area (Å²) in [6.07, 6.45) is 4.21. The quantitative estimate of drug-likeness (QED) is 0.581. The van der Waals surface area contributed by atoms with E-state index in [0.29, 0.717) is 42.0 Å². The molecule has 0 saturated carbocycles.